The Bertz CT molecular complexity index is 885. The molecule has 4 nitrogen and oxygen atoms in total. The SMILES string of the molecule is CC(=O)O[C@H]1CC[C@@]2(C)C(=CC[C@@H]3[C@@H]2CC[C@]2(C)C(C(C)n4ccnc4)=CC[C@@H]32)C1. The van der Waals surface area contributed by atoms with Crippen LogP contribution in [0, 0.1) is 28.6 Å². The van der Waals surface area contributed by atoms with Gasteiger partial charge in [0.15, 0.2) is 0 Å². The second-order valence-corrected chi connectivity index (χ2v) is 10.8. The fourth-order valence-corrected chi connectivity index (χ4v) is 7.87. The normalized spacial score (nSPS) is 41.1. The largest absolute Gasteiger partial charge is 0.462 e. The summed E-state index contributed by atoms with van der Waals surface area (Å²) in [5, 5.41) is 0. The minimum atomic E-state index is -0.136. The highest BCUT2D eigenvalue weighted by atomic mass is 16.5. The van der Waals surface area contributed by atoms with Gasteiger partial charge >= 0.3 is 5.97 Å². The fraction of sp³-hybridized carbons (Fsp3) is 0.692. The molecular weight excluding hydrogens is 372 g/mol. The third kappa shape index (κ3) is 2.93. The van der Waals surface area contributed by atoms with E-state index in [0.717, 1.165) is 37.0 Å². The number of carbonyl (C=O) groups excluding carboxylic acids is 1. The minimum absolute atomic E-state index is 0.0861. The zero-order chi connectivity index (χ0) is 21.1. The van der Waals surface area contributed by atoms with Crippen LogP contribution >= 0.6 is 0 Å². The number of allylic oxidation sites excluding steroid dienone is 3. The van der Waals surface area contributed by atoms with E-state index in [0.29, 0.717) is 16.9 Å². The molecule has 0 aromatic carbocycles. The van der Waals surface area contributed by atoms with Crippen molar-refractivity contribution >= 4 is 5.97 Å². The number of esters is 1. The van der Waals surface area contributed by atoms with Crippen molar-refractivity contribution in [2.75, 3.05) is 0 Å². The molecule has 0 radical (unpaired) electrons. The van der Waals surface area contributed by atoms with Crippen LogP contribution in [0.15, 0.2) is 42.0 Å². The number of aromatic nitrogens is 2. The molecular formula is C26H36N2O2. The van der Waals surface area contributed by atoms with Crippen molar-refractivity contribution in [3.63, 3.8) is 0 Å². The molecule has 0 spiro atoms. The first-order chi connectivity index (χ1) is 14.3. The lowest BCUT2D eigenvalue weighted by atomic mass is 9.47. The smallest absolute Gasteiger partial charge is 0.302 e. The molecule has 0 aliphatic heterocycles. The molecule has 0 amide bonds. The lowest BCUT2D eigenvalue weighted by Gasteiger charge is -2.58. The Morgan fingerprint density at radius 2 is 1.97 bits per heavy atom. The molecule has 1 unspecified atom stereocenters. The molecule has 1 aromatic heterocycles. The van der Waals surface area contributed by atoms with Crippen molar-refractivity contribution in [2.24, 2.45) is 28.6 Å². The van der Waals surface area contributed by atoms with Crippen LogP contribution < -0.4 is 0 Å². The Hall–Kier alpha value is -1.84. The molecule has 4 aliphatic rings. The average Bonchev–Trinajstić information content (AvgIpc) is 3.35. The zero-order valence-electron chi connectivity index (χ0n) is 18.9. The van der Waals surface area contributed by atoms with E-state index < -0.39 is 0 Å². The number of ether oxygens (including phenoxy) is 1. The Morgan fingerprint density at radius 3 is 2.70 bits per heavy atom. The third-order valence-electron chi connectivity index (χ3n) is 9.45. The Labute approximate surface area is 180 Å². The topological polar surface area (TPSA) is 44.1 Å². The second kappa shape index (κ2) is 7.10. The van der Waals surface area contributed by atoms with Crippen LogP contribution in [0.4, 0.5) is 0 Å². The maximum Gasteiger partial charge on any atom is 0.302 e. The number of rotatable bonds is 3. The van der Waals surface area contributed by atoms with E-state index in [-0.39, 0.29) is 12.1 Å². The maximum atomic E-state index is 11.5. The molecule has 5 rings (SSSR count). The van der Waals surface area contributed by atoms with E-state index in [1.807, 2.05) is 12.5 Å². The molecule has 1 aromatic rings. The van der Waals surface area contributed by atoms with Gasteiger partial charge in [0.1, 0.15) is 6.10 Å². The molecule has 4 aliphatic carbocycles. The lowest BCUT2D eigenvalue weighted by molar-refractivity contribution is -0.148. The molecule has 2 fully saturated rings. The second-order valence-electron chi connectivity index (χ2n) is 10.8. The first kappa shape index (κ1) is 20.1. The Morgan fingerprint density at radius 1 is 1.17 bits per heavy atom. The lowest BCUT2D eigenvalue weighted by Crippen LogP contribution is -2.50. The molecule has 0 saturated heterocycles. The number of imidazole rings is 1. The summed E-state index contributed by atoms with van der Waals surface area (Å²) in [4.78, 5) is 15.7. The van der Waals surface area contributed by atoms with Gasteiger partial charge in [0, 0.05) is 25.7 Å². The third-order valence-corrected chi connectivity index (χ3v) is 9.45. The summed E-state index contributed by atoms with van der Waals surface area (Å²) in [6, 6.07) is 0.392. The molecule has 4 heteroatoms. The van der Waals surface area contributed by atoms with E-state index in [2.05, 4.69) is 48.7 Å². The summed E-state index contributed by atoms with van der Waals surface area (Å²) in [6.07, 6.45) is 19.3. The van der Waals surface area contributed by atoms with Gasteiger partial charge in [-0.1, -0.05) is 31.6 Å². The van der Waals surface area contributed by atoms with Crippen LogP contribution in [0.3, 0.4) is 0 Å². The monoisotopic (exact) mass is 408 g/mol. The number of carbonyl (C=O) groups is 1. The fourth-order valence-electron chi connectivity index (χ4n) is 7.87. The van der Waals surface area contributed by atoms with Crippen molar-refractivity contribution in [1.82, 2.24) is 9.55 Å². The highest BCUT2D eigenvalue weighted by Gasteiger charge is 2.57. The number of hydrogen-bond acceptors (Lipinski definition) is 3. The molecule has 0 bridgehead atoms. The summed E-state index contributed by atoms with van der Waals surface area (Å²) < 4.78 is 7.85. The summed E-state index contributed by atoms with van der Waals surface area (Å²) >= 11 is 0. The molecule has 1 heterocycles. The first-order valence-electron chi connectivity index (χ1n) is 11.9. The van der Waals surface area contributed by atoms with Crippen LogP contribution in [-0.4, -0.2) is 21.6 Å². The van der Waals surface area contributed by atoms with Gasteiger partial charge < -0.3 is 9.30 Å². The predicted octanol–water partition coefficient (Wildman–Crippen LogP) is 5.87. The van der Waals surface area contributed by atoms with Crippen LogP contribution in [-0.2, 0) is 9.53 Å². The predicted molar refractivity (Wildman–Crippen MR) is 118 cm³/mol. The van der Waals surface area contributed by atoms with E-state index in [1.165, 1.54) is 32.6 Å². The minimum Gasteiger partial charge on any atom is -0.462 e. The number of nitrogens with zero attached hydrogens (tertiary/aromatic N) is 2. The molecule has 0 N–H and O–H groups in total. The van der Waals surface area contributed by atoms with Gasteiger partial charge in [0.05, 0.1) is 12.4 Å². The highest BCUT2D eigenvalue weighted by molar-refractivity contribution is 5.66. The van der Waals surface area contributed by atoms with Crippen LogP contribution in [0.1, 0.15) is 78.7 Å². The van der Waals surface area contributed by atoms with Gasteiger partial charge in [-0.3, -0.25) is 4.79 Å². The van der Waals surface area contributed by atoms with Gasteiger partial charge in [0.2, 0.25) is 0 Å². The zero-order valence-corrected chi connectivity index (χ0v) is 18.9. The quantitative estimate of drug-likeness (QED) is 0.464. The standard InChI is InChI=1S/C26H36N2O2/c1-17(28-14-13-27-16-28)22-7-8-23-21-6-5-19-15-20(30-18(2)29)9-11-25(19,3)24(21)10-12-26(22,23)4/h5,7,13-14,16-17,20-21,23-24H,6,8-12,15H2,1-4H3/t17?,20-,21-,23-,24-,25-,26+/m0/s1. The highest BCUT2D eigenvalue weighted by Crippen LogP contribution is 2.66. The molecule has 2 saturated carbocycles. The van der Waals surface area contributed by atoms with E-state index >= 15 is 0 Å². The van der Waals surface area contributed by atoms with Crippen molar-refractivity contribution in [3.8, 4) is 0 Å². The molecule has 7 atom stereocenters. The van der Waals surface area contributed by atoms with Crippen LogP contribution in [0.2, 0.25) is 0 Å². The van der Waals surface area contributed by atoms with Crippen molar-refractivity contribution in [1.29, 1.82) is 0 Å². The van der Waals surface area contributed by atoms with Crippen molar-refractivity contribution in [2.45, 2.75) is 84.8 Å². The van der Waals surface area contributed by atoms with E-state index in [1.54, 1.807) is 11.1 Å². The number of hydrogen-bond donors (Lipinski definition) is 0. The summed E-state index contributed by atoms with van der Waals surface area (Å²) in [7, 11) is 0. The van der Waals surface area contributed by atoms with Gasteiger partial charge in [-0.15, -0.1) is 0 Å². The van der Waals surface area contributed by atoms with E-state index in [4.69, 9.17) is 4.74 Å². The summed E-state index contributed by atoms with van der Waals surface area (Å²) in [5.41, 5.74) is 3.80. The summed E-state index contributed by atoms with van der Waals surface area (Å²) in [5.74, 6) is 2.15. The first-order valence-corrected chi connectivity index (χ1v) is 11.9. The van der Waals surface area contributed by atoms with Gasteiger partial charge in [0.25, 0.3) is 0 Å². The van der Waals surface area contributed by atoms with Crippen LogP contribution in [0.5, 0.6) is 0 Å². The van der Waals surface area contributed by atoms with Gasteiger partial charge in [-0.25, -0.2) is 4.98 Å². The van der Waals surface area contributed by atoms with E-state index in [9.17, 15) is 4.79 Å². The van der Waals surface area contributed by atoms with Crippen molar-refractivity contribution in [3.05, 3.63) is 42.0 Å². The average molecular weight is 409 g/mol. The number of fused-ring (bicyclic) bond motifs is 5. The Kier molecular flexibility index (Phi) is 4.75. The van der Waals surface area contributed by atoms with Gasteiger partial charge in [-0.05, 0) is 79.6 Å². The van der Waals surface area contributed by atoms with Crippen LogP contribution in [0.25, 0.3) is 0 Å². The Balaban J connectivity index is 1.39. The summed E-state index contributed by atoms with van der Waals surface area (Å²) in [6.45, 7) is 8.93. The van der Waals surface area contributed by atoms with Crippen molar-refractivity contribution < 1.29 is 9.53 Å². The molecule has 30 heavy (non-hydrogen) atoms. The van der Waals surface area contributed by atoms with Gasteiger partial charge in [-0.2, -0.15) is 0 Å². The maximum absolute atomic E-state index is 11.5. The molecule has 162 valence electrons.